The first-order chi connectivity index (χ1) is 14.7. The molecule has 0 bridgehead atoms. The van der Waals surface area contributed by atoms with Gasteiger partial charge < -0.3 is 9.68 Å². The van der Waals surface area contributed by atoms with Gasteiger partial charge in [0.25, 0.3) is 0 Å². The highest BCUT2D eigenvalue weighted by Crippen LogP contribution is 2.15. The molecule has 0 spiro atoms. The highest BCUT2D eigenvalue weighted by atomic mass is 32.2. The first-order valence-corrected chi connectivity index (χ1v) is 12.1. The largest absolute Gasteiger partial charge is 0.395 e. The maximum atomic E-state index is 13.2. The Morgan fingerprint density at radius 1 is 0.633 bits per heavy atom. The van der Waals surface area contributed by atoms with E-state index in [4.69, 9.17) is 9.68 Å². The molecule has 8 heteroatoms. The summed E-state index contributed by atoms with van der Waals surface area (Å²) in [4.78, 5) is 10.9. The lowest BCUT2D eigenvalue weighted by Gasteiger charge is -2.10. The number of thioether (sulfide) groups is 2. The van der Waals surface area contributed by atoms with Gasteiger partial charge in [0.05, 0.1) is 11.4 Å². The summed E-state index contributed by atoms with van der Waals surface area (Å²) < 4.78 is 26.4. The van der Waals surface area contributed by atoms with E-state index >= 15 is 0 Å². The number of halogens is 2. The van der Waals surface area contributed by atoms with Crippen molar-refractivity contribution in [2.45, 2.75) is 12.8 Å². The van der Waals surface area contributed by atoms with E-state index in [1.54, 1.807) is 47.8 Å². The molecule has 0 saturated carbocycles. The zero-order valence-electron chi connectivity index (χ0n) is 16.6. The average molecular weight is 451 g/mol. The third kappa shape index (κ3) is 7.65. The Balaban J connectivity index is 1.61. The lowest BCUT2D eigenvalue weighted by molar-refractivity contribution is 0.0901. The Hall–Kier alpha value is -2.06. The summed E-state index contributed by atoms with van der Waals surface area (Å²) in [5, 5.41) is 8.53. The SMILES string of the molecule is Fc1ccc(/C2=N/OCCCO/N=C(/c3ccc(F)cc3)CSCCCSC2)cc1. The zero-order valence-corrected chi connectivity index (χ0v) is 18.2. The molecule has 1 aliphatic rings. The summed E-state index contributed by atoms with van der Waals surface area (Å²) in [6, 6.07) is 12.6. The summed E-state index contributed by atoms with van der Waals surface area (Å²) in [5.41, 5.74) is 3.34. The predicted octanol–water partition coefficient (Wildman–Crippen LogP) is 5.37. The fourth-order valence-electron chi connectivity index (χ4n) is 2.65. The molecule has 0 aromatic heterocycles. The van der Waals surface area contributed by atoms with E-state index in [0.29, 0.717) is 31.1 Å². The molecule has 160 valence electrons. The summed E-state index contributed by atoms with van der Waals surface area (Å²) in [6.45, 7) is 0.789. The molecule has 0 aliphatic carbocycles. The molecule has 1 aliphatic heterocycles. The molecule has 0 fully saturated rings. The van der Waals surface area contributed by atoms with E-state index in [0.717, 1.165) is 40.5 Å². The van der Waals surface area contributed by atoms with Gasteiger partial charge in [-0.25, -0.2) is 8.78 Å². The molecule has 3 rings (SSSR count). The van der Waals surface area contributed by atoms with Crippen LogP contribution < -0.4 is 0 Å². The number of benzene rings is 2. The Labute approximate surface area is 184 Å². The molecule has 30 heavy (non-hydrogen) atoms. The van der Waals surface area contributed by atoms with Crippen LogP contribution in [0, 0.1) is 11.6 Å². The number of nitrogens with zero attached hydrogens (tertiary/aromatic N) is 2. The second-order valence-electron chi connectivity index (χ2n) is 6.57. The van der Waals surface area contributed by atoms with Gasteiger partial charge in [0.1, 0.15) is 24.8 Å². The van der Waals surface area contributed by atoms with Gasteiger partial charge >= 0.3 is 0 Å². The van der Waals surface area contributed by atoms with Gasteiger partial charge in [0.2, 0.25) is 0 Å². The molecule has 0 unspecified atom stereocenters. The summed E-state index contributed by atoms with van der Waals surface area (Å²) in [6.07, 6.45) is 1.66. The molecule has 0 amide bonds. The summed E-state index contributed by atoms with van der Waals surface area (Å²) >= 11 is 3.56. The Bertz CT molecular complexity index is 774. The smallest absolute Gasteiger partial charge is 0.123 e. The minimum atomic E-state index is -0.268. The van der Waals surface area contributed by atoms with Crippen LogP contribution in [0.25, 0.3) is 0 Å². The van der Waals surface area contributed by atoms with E-state index in [9.17, 15) is 8.78 Å². The third-order valence-electron chi connectivity index (χ3n) is 4.23. The lowest BCUT2D eigenvalue weighted by atomic mass is 10.1. The van der Waals surface area contributed by atoms with Gasteiger partial charge in [0.15, 0.2) is 0 Å². The monoisotopic (exact) mass is 450 g/mol. The molecule has 4 nitrogen and oxygen atoms in total. The van der Waals surface area contributed by atoms with Crippen molar-refractivity contribution in [2.75, 3.05) is 36.2 Å². The first kappa shape index (κ1) is 22.6. The number of hydrogen-bond acceptors (Lipinski definition) is 6. The Kier molecular flexibility index (Phi) is 9.50. The number of hydrogen-bond donors (Lipinski definition) is 0. The first-order valence-electron chi connectivity index (χ1n) is 9.77. The average Bonchev–Trinajstić information content (AvgIpc) is 2.75. The van der Waals surface area contributed by atoms with E-state index in [1.807, 2.05) is 0 Å². The normalized spacial score (nSPS) is 20.7. The second kappa shape index (κ2) is 12.6. The van der Waals surface area contributed by atoms with E-state index in [-0.39, 0.29) is 11.6 Å². The van der Waals surface area contributed by atoms with Crippen LogP contribution in [0.1, 0.15) is 24.0 Å². The van der Waals surface area contributed by atoms with Crippen LogP contribution in [0.2, 0.25) is 0 Å². The molecule has 1 heterocycles. The van der Waals surface area contributed by atoms with Crippen LogP contribution >= 0.6 is 23.5 Å². The van der Waals surface area contributed by atoms with Gasteiger partial charge in [-0.15, -0.1) is 0 Å². The van der Waals surface area contributed by atoms with E-state index < -0.39 is 0 Å². The quantitative estimate of drug-likeness (QED) is 0.617. The molecule has 0 radical (unpaired) electrons. The molecule has 0 saturated heterocycles. The Morgan fingerprint density at radius 2 is 1.07 bits per heavy atom. The Morgan fingerprint density at radius 3 is 1.50 bits per heavy atom. The molecular formula is C22H24F2N2O2S2. The van der Waals surface area contributed by atoms with Gasteiger partial charge in [-0.1, -0.05) is 34.6 Å². The third-order valence-corrected chi connectivity index (χ3v) is 6.34. The highest BCUT2D eigenvalue weighted by Gasteiger charge is 2.08. The molecule has 0 N–H and O–H groups in total. The highest BCUT2D eigenvalue weighted by molar-refractivity contribution is 8.00. The van der Waals surface area contributed by atoms with Crippen LogP contribution in [-0.2, 0) is 9.68 Å². The molecule has 2 aromatic carbocycles. The lowest BCUT2D eigenvalue weighted by Crippen LogP contribution is -2.09. The van der Waals surface area contributed by atoms with Crippen LogP contribution in [0.4, 0.5) is 8.78 Å². The van der Waals surface area contributed by atoms with Crippen molar-refractivity contribution < 1.29 is 18.5 Å². The van der Waals surface area contributed by atoms with Crippen molar-refractivity contribution in [3.63, 3.8) is 0 Å². The van der Waals surface area contributed by atoms with Gasteiger partial charge in [-0.3, -0.25) is 0 Å². The van der Waals surface area contributed by atoms with Gasteiger partial charge in [-0.2, -0.15) is 23.5 Å². The summed E-state index contributed by atoms with van der Waals surface area (Å²) in [5.74, 6) is 2.83. The molecule has 2 aromatic rings. The van der Waals surface area contributed by atoms with Gasteiger partial charge in [0, 0.05) is 29.1 Å². The van der Waals surface area contributed by atoms with Crippen molar-refractivity contribution in [1.29, 1.82) is 0 Å². The molecule has 0 atom stereocenters. The van der Waals surface area contributed by atoms with Crippen molar-refractivity contribution >= 4 is 34.9 Å². The van der Waals surface area contributed by atoms with Crippen molar-refractivity contribution in [1.82, 2.24) is 0 Å². The summed E-state index contributed by atoms with van der Waals surface area (Å²) in [7, 11) is 0. The number of oxime groups is 2. The second-order valence-corrected chi connectivity index (χ2v) is 8.78. The minimum Gasteiger partial charge on any atom is -0.395 e. The fraction of sp³-hybridized carbons (Fsp3) is 0.364. The fourth-order valence-corrected chi connectivity index (χ4v) is 4.64. The maximum Gasteiger partial charge on any atom is 0.123 e. The van der Waals surface area contributed by atoms with Crippen LogP contribution in [0.15, 0.2) is 58.8 Å². The van der Waals surface area contributed by atoms with Gasteiger partial charge in [-0.05, 0) is 42.2 Å². The minimum absolute atomic E-state index is 0.268. The molecular weight excluding hydrogens is 426 g/mol. The van der Waals surface area contributed by atoms with Crippen molar-refractivity contribution in [3.05, 3.63) is 71.3 Å². The zero-order chi connectivity index (χ0) is 21.0. The standard InChI is InChI=1S/C22H24F2N2O2S2/c23-19-7-3-17(4-8-19)21-15-29-13-2-14-30-16-22(18-5-9-20(24)10-6-18)26-28-12-1-11-27-25-21/h3-10H,1-2,11-16H2/b25-21+,26-22+. The maximum absolute atomic E-state index is 13.2. The topological polar surface area (TPSA) is 43.2 Å². The van der Waals surface area contributed by atoms with Crippen molar-refractivity contribution in [3.8, 4) is 0 Å². The predicted molar refractivity (Wildman–Crippen MR) is 122 cm³/mol. The van der Waals surface area contributed by atoms with E-state index in [1.165, 1.54) is 24.3 Å². The van der Waals surface area contributed by atoms with E-state index in [2.05, 4.69) is 10.3 Å². The van der Waals surface area contributed by atoms with Crippen LogP contribution in [-0.4, -0.2) is 47.6 Å². The van der Waals surface area contributed by atoms with Crippen LogP contribution in [0.5, 0.6) is 0 Å². The number of rotatable bonds is 2. The van der Waals surface area contributed by atoms with Crippen molar-refractivity contribution in [2.24, 2.45) is 10.3 Å². The van der Waals surface area contributed by atoms with Crippen LogP contribution in [0.3, 0.4) is 0 Å².